The highest BCUT2D eigenvalue weighted by atomic mass is 35.5. The number of nitrogens with zero attached hydrogens (tertiary/aromatic N) is 2. The van der Waals surface area contributed by atoms with Crippen molar-refractivity contribution in [3.8, 4) is 0 Å². The smallest absolute Gasteiger partial charge is 0.238 e. The second-order valence-electron chi connectivity index (χ2n) is 4.61. The molecule has 5 heteroatoms. The molecule has 1 heterocycles. The molecule has 0 spiro atoms. The van der Waals surface area contributed by atoms with Gasteiger partial charge in [-0.15, -0.1) is 21.8 Å². The van der Waals surface area contributed by atoms with E-state index in [0.717, 1.165) is 11.1 Å². The molecule has 0 fully saturated rings. The van der Waals surface area contributed by atoms with Crippen LogP contribution in [0.3, 0.4) is 0 Å². The van der Waals surface area contributed by atoms with Gasteiger partial charge < -0.3 is 4.42 Å². The van der Waals surface area contributed by atoms with E-state index in [1.54, 1.807) is 0 Å². The van der Waals surface area contributed by atoms with E-state index < -0.39 is 5.38 Å². The molecule has 0 radical (unpaired) electrons. The molecule has 1 atom stereocenters. The van der Waals surface area contributed by atoms with E-state index in [0.29, 0.717) is 23.2 Å². The molecule has 0 N–H and O–H groups in total. The van der Waals surface area contributed by atoms with E-state index in [1.165, 1.54) is 0 Å². The van der Waals surface area contributed by atoms with Gasteiger partial charge in [-0.25, -0.2) is 0 Å². The van der Waals surface area contributed by atoms with Crippen molar-refractivity contribution in [1.29, 1.82) is 0 Å². The Morgan fingerprint density at radius 1 is 1.00 bits per heavy atom. The molecule has 0 saturated carbocycles. The van der Waals surface area contributed by atoms with Crippen molar-refractivity contribution in [3.63, 3.8) is 0 Å². The first-order valence-corrected chi connectivity index (χ1v) is 7.29. The number of benzene rings is 2. The fourth-order valence-corrected chi connectivity index (χ4v) is 2.47. The molecule has 3 rings (SSSR count). The highest BCUT2D eigenvalue weighted by Gasteiger charge is 2.18. The lowest BCUT2D eigenvalue weighted by atomic mass is 10.1. The van der Waals surface area contributed by atoms with E-state index in [-0.39, 0.29) is 0 Å². The number of hydrogen-bond donors (Lipinski definition) is 0. The maximum absolute atomic E-state index is 6.36. The molecule has 3 nitrogen and oxygen atoms in total. The number of alkyl halides is 1. The van der Waals surface area contributed by atoms with Gasteiger partial charge in [0.25, 0.3) is 0 Å². The van der Waals surface area contributed by atoms with Crippen LogP contribution in [0.4, 0.5) is 0 Å². The Morgan fingerprint density at radius 3 is 2.57 bits per heavy atom. The van der Waals surface area contributed by atoms with E-state index >= 15 is 0 Å². The number of halogens is 2. The van der Waals surface area contributed by atoms with Crippen molar-refractivity contribution in [3.05, 3.63) is 82.5 Å². The molecule has 1 aromatic heterocycles. The lowest BCUT2D eigenvalue weighted by molar-refractivity contribution is 0.462. The summed E-state index contributed by atoms with van der Waals surface area (Å²) in [6.45, 7) is 0. The Labute approximate surface area is 132 Å². The Kier molecular flexibility index (Phi) is 4.23. The SMILES string of the molecule is Clc1cccc(Cc2nnc(C(Cl)c3ccccc3)o2)c1. The second kappa shape index (κ2) is 6.29. The van der Waals surface area contributed by atoms with Crippen molar-refractivity contribution < 1.29 is 4.42 Å². The minimum Gasteiger partial charge on any atom is -0.423 e. The standard InChI is InChI=1S/C16H12Cl2N2O/c17-13-8-4-5-11(9-13)10-14-19-20-16(21-14)15(18)12-6-2-1-3-7-12/h1-9,15H,10H2. The average Bonchev–Trinajstić information content (AvgIpc) is 2.96. The second-order valence-corrected chi connectivity index (χ2v) is 5.49. The highest BCUT2D eigenvalue weighted by Crippen LogP contribution is 2.27. The first kappa shape index (κ1) is 14.1. The summed E-state index contributed by atoms with van der Waals surface area (Å²) in [6, 6.07) is 17.2. The van der Waals surface area contributed by atoms with Gasteiger partial charge in [0.2, 0.25) is 11.8 Å². The van der Waals surface area contributed by atoms with Crippen LogP contribution < -0.4 is 0 Å². The third kappa shape index (κ3) is 3.43. The largest absolute Gasteiger partial charge is 0.423 e. The number of hydrogen-bond acceptors (Lipinski definition) is 3. The zero-order valence-electron chi connectivity index (χ0n) is 11.0. The van der Waals surface area contributed by atoms with Gasteiger partial charge in [-0.2, -0.15) is 0 Å². The summed E-state index contributed by atoms with van der Waals surface area (Å²) in [5.74, 6) is 0.925. The van der Waals surface area contributed by atoms with Crippen LogP contribution in [0.2, 0.25) is 5.02 Å². The molecule has 0 saturated heterocycles. The van der Waals surface area contributed by atoms with Crippen LogP contribution in [0, 0.1) is 0 Å². The maximum Gasteiger partial charge on any atom is 0.238 e. The number of rotatable bonds is 4. The van der Waals surface area contributed by atoms with Crippen LogP contribution in [-0.4, -0.2) is 10.2 Å². The molecule has 0 aliphatic heterocycles. The Morgan fingerprint density at radius 2 is 1.81 bits per heavy atom. The summed E-state index contributed by atoms with van der Waals surface area (Å²) in [5, 5.41) is 8.32. The maximum atomic E-state index is 6.36. The molecule has 0 aliphatic carbocycles. The van der Waals surface area contributed by atoms with Gasteiger partial charge in [-0.3, -0.25) is 0 Å². The average molecular weight is 319 g/mol. The molecular weight excluding hydrogens is 307 g/mol. The molecule has 1 unspecified atom stereocenters. The summed E-state index contributed by atoms with van der Waals surface area (Å²) < 4.78 is 5.65. The van der Waals surface area contributed by atoms with Gasteiger partial charge in [0.05, 0.1) is 6.42 Å². The molecule has 2 aromatic carbocycles. The van der Waals surface area contributed by atoms with E-state index in [9.17, 15) is 0 Å². The van der Waals surface area contributed by atoms with Crippen molar-refractivity contribution >= 4 is 23.2 Å². The Hall–Kier alpha value is -1.84. The minimum atomic E-state index is -0.438. The zero-order valence-corrected chi connectivity index (χ0v) is 12.6. The Balaban J connectivity index is 1.77. The van der Waals surface area contributed by atoms with Gasteiger partial charge in [-0.1, -0.05) is 54.1 Å². The molecular formula is C16H12Cl2N2O. The summed E-state index contributed by atoms with van der Waals surface area (Å²) in [6.07, 6.45) is 0.534. The van der Waals surface area contributed by atoms with Gasteiger partial charge in [0, 0.05) is 5.02 Å². The summed E-state index contributed by atoms with van der Waals surface area (Å²) in [7, 11) is 0. The van der Waals surface area contributed by atoms with Crippen LogP contribution in [0.5, 0.6) is 0 Å². The molecule has 106 valence electrons. The van der Waals surface area contributed by atoms with Crippen LogP contribution >= 0.6 is 23.2 Å². The van der Waals surface area contributed by atoms with Gasteiger partial charge in [0.1, 0.15) is 5.38 Å². The Bertz CT molecular complexity index is 728. The van der Waals surface area contributed by atoms with Crippen molar-refractivity contribution in [1.82, 2.24) is 10.2 Å². The normalized spacial score (nSPS) is 12.3. The van der Waals surface area contributed by atoms with Crippen LogP contribution in [0.25, 0.3) is 0 Å². The van der Waals surface area contributed by atoms with Gasteiger partial charge in [0.15, 0.2) is 0 Å². The number of aromatic nitrogens is 2. The predicted octanol–water partition coefficient (Wildman–Crippen LogP) is 4.64. The summed E-state index contributed by atoms with van der Waals surface area (Å²) in [5.41, 5.74) is 1.95. The van der Waals surface area contributed by atoms with Gasteiger partial charge >= 0.3 is 0 Å². The predicted molar refractivity (Wildman–Crippen MR) is 82.7 cm³/mol. The van der Waals surface area contributed by atoms with Crippen molar-refractivity contribution in [2.45, 2.75) is 11.8 Å². The molecule has 3 aromatic rings. The van der Waals surface area contributed by atoms with E-state index in [2.05, 4.69) is 10.2 Å². The van der Waals surface area contributed by atoms with Crippen LogP contribution in [-0.2, 0) is 6.42 Å². The van der Waals surface area contributed by atoms with E-state index in [1.807, 2.05) is 54.6 Å². The van der Waals surface area contributed by atoms with Crippen molar-refractivity contribution in [2.75, 3.05) is 0 Å². The fraction of sp³-hybridized carbons (Fsp3) is 0.125. The van der Waals surface area contributed by atoms with E-state index in [4.69, 9.17) is 27.6 Å². The minimum absolute atomic E-state index is 0.403. The van der Waals surface area contributed by atoms with Gasteiger partial charge in [-0.05, 0) is 23.3 Å². The van der Waals surface area contributed by atoms with Crippen LogP contribution in [0.15, 0.2) is 59.0 Å². The quantitative estimate of drug-likeness (QED) is 0.658. The molecule has 0 bridgehead atoms. The molecule has 21 heavy (non-hydrogen) atoms. The lowest BCUT2D eigenvalue weighted by Crippen LogP contribution is -1.92. The molecule has 0 amide bonds. The topological polar surface area (TPSA) is 38.9 Å². The monoisotopic (exact) mass is 318 g/mol. The third-order valence-corrected chi connectivity index (χ3v) is 3.71. The fourth-order valence-electron chi connectivity index (χ4n) is 2.03. The first-order chi connectivity index (χ1) is 10.2. The first-order valence-electron chi connectivity index (χ1n) is 6.48. The molecule has 0 aliphatic rings. The summed E-state index contributed by atoms with van der Waals surface area (Å²) in [4.78, 5) is 0. The summed E-state index contributed by atoms with van der Waals surface area (Å²) >= 11 is 12.3. The lowest BCUT2D eigenvalue weighted by Gasteiger charge is -2.03. The van der Waals surface area contributed by atoms with Crippen molar-refractivity contribution in [2.24, 2.45) is 0 Å². The third-order valence-electron chi connectivity index (χ3n) is 3.04. The zero-order chi connectivity index (χ0) is 14.7. The van der Waals surface area contributed by atoms with Crippen LogP contribution in [0.1, 0.15) is 28.3 Å². The highest BCUT2D eigenvalue weighted by molar-refractivity contribution is 6.30.